The summed E-state index contributed by atoms with van der Waals surface area (Å²) < 4.78 is 4.79. The molecule has 92 valence electrons. The molecule has 1 aliphatic carbocycles. The quantitative estimate of drug-likeness (QED) is 0.410. The molecule has 0 aromatic heterocycles. The fourth-order valence-electron chi connectivity index (χ4n) is 1.87. The minimum absolute atomic E-state index is 0.255. The third-order valence-corrected chi connectivity index (χ3v) is 3.40. The van der Waals surface area contributed by atoms with Crippen LogP contribution in [0.3, 0.4) is 0 Å². The van der Waals surface area contributed by atoms with E-state index in [0.717, 1.165) is 19.0 Å². The smallest absolute Gasteiger partial charge is 0.330 e. The van der Waals surface area contributed by atoms with Crippen LogP contribution in [-0.2, 0) is 9.53 Å². The summed E-state index contributed by atoms with van der Waals surface area (Å²) in [4.78, 5) is 11.0. The van der Waals surface area contributed by atoms with Crippen molar-refractivity contribution in [2.45, 2.75) is 33.6 Å². The van der Waals surface area contributed by atoms with Gasteiger partial charge in [0, 0.05) is 19.2 Å². The van der Waals surface area contributed by atoms with Crippen LogP contribution < -0.4 is 5.32 Å². The van der Waals surface area contributed by atoms with Crippen LogP contribution in [0.4, 0.5) is 0 Å². The van der Waals surface area contributed by atoms with Gasteiger partial charge in [0.2, 0.25) is 0 Å². The molecule has 1 saturated carbocycles. The van der Waals surface area contributed by atoms with Crippen molar-refractivity contribution in [3.8, 4) is 0 Å². The minimum atomic E-state index is -0.255. The molecule has 0 bridgehead atoms. The summed E-state index contributed by atoms with van der Waals surface area (Å²) in [5.74, 6) is 0.489. The summed E-state index contributed by atoms with van der Waals surface area (Å²) in [6.45, 7) is 8.61. The minimum Gasteiger partial charge on any atom is -0.463 e. The molecule has 3 nitrogen and oxygen atoms in total. The van der Waals surface area contributed by atoms with Gasteiger partial charge in [-0.3, -0.25) is 0 Å². The van der Waals surface area contributed by atoms with Crippen LogP contribution in [0.1, 0.15) is 33.6 Å². The van der Waals surface area contributed by atoms with Crippen LogP contribution in [0, 0.1) is 11.3 Å². The number of hydrogen-bond donors (Lipinski definition) is 1. The van der Waals surface area contributed by atoms with Gasteiger partial charge in [0.25, 0.3) is 0 Å². The van der Waals surface area contributed by atoms with Crippen LogP contribution in [-0.4, -0.2) is 25.7 Å². The number of ether oxygens (including phenoxy) is 1. The monoisotopic (exact) mass is 225 g/mol. The lowest BCUT2D eigenvalue weighted by atomic mass is 9.92. The van der Waals surface area contributed by atoms with E-state index in [0.29, 0.717) is 12.0 Å². The first-order chi connectivity index (χ1) is 7.60. The molecule has 0 aliphatic heterocycles. The maximum atomic E-state index is 11.0. The summed E-state index contributed by atoms with van der Waals surface area (Å²) in [6, 6.07) is 0. The van der Waals surface area contributed by atoms with Gasteiger partial charge in [-0.2, -0.15) is 0 Å². The second-order valence-electron chi connectivity index (χ2n) is 4.80. The highest BCUT2D eigenvalue weighted by Crippen LogP contribution is 2.51. The van der Waals surface area contributed by atoms with Gasteiger partial charge in [-0.05, 0) is 31.1 Å². The summed E-state index contributed by atoms with van der Waals surface area (Å²) in [5, 5.41) is 3.37. The highest BCUT2D eigenvalue weighted by Gasteiger charge is 2.44. The fourth-order valence-corrected chi connectivity index (χ4v) is 1.87. The van der Waals surface area contributed by atoms with Crippen LogP contribution in [0.25, 0.3) is 0 Å². The maximum Gasteiger partial charge on any atom is 0.330 e. The Morgan fingerprint density at radius 3 is 2.69 bits per heavy atom. The van der Waals surface area contributed by atoms with Gasteiger partial charge >= 0.3 is 5.97 Å². The lowest BCUT2D eigenvalue weighted by molar-refractivity contribution is -0.137. The molecule has 1 fully saturated rings. The van der Waals surface area contributed by atoms with Crippen molar-refractivity contribution in [2.75, 3.05) is 19.7 Å². The Balaban J connectivity index is 2.10. The maximum absolute atomic E-state index is 11.0. The van der Waals surface area contributed by atoms with Gasteiger partial charge in [-0.25, -0.2) is 4.79 Å². The standard InChI is InChI=1S/C13H23NO2/c1-4-16-12(15)6-5-9-14-10-13(7-8-13)11(2)3/h5-6,11,14H,4,7-10H2,1-3H3/b6-5+. The lowest BCUT2D eigenvalue weighted by Crippen LogP contribution is -2.27. The van der Waals surface area contributed by atoms with Crippen LogP contribution in [0.2, 0.25) is 0 Å². The first-order valence-electron chi connectivity index (χ1n) is 6.15. The Morgan fingerprint density at radius 2 is 2.19 bits per heavy atom. The van der Waals surface area contributed by atoms with Crippen molar-refractivity contribution >= 4 is 5.97 Å². The van der Waals surface area contributed by atoms with Crippen molar-refractivity contribution in [2.24, 2.45) is 11.3 Å². The van der Waals surface area contributed by atoms with Crippen molar-refractivity contribution in [3.05, 3.63) is 12.2 Å². The Kier molecular flexibility index (Phi) is 5.00. The third kappa shape index (κ3) is 3.97. The van der Waals surface area contributed by atoms with Crippen LogP contribution in [0.15, 0.2) is 12.2 Å². The zero-order valence-electron chi connectivity index (χ0n) is 10.6. The van der Waals surface area contributed by atoms with E-state index < -0.39 is 0 Å². The molecule has 1 N–H and O–H groups in total. The summed E-state index contributed by atoms with van der Waals surface area (Å²) in [7, 11) is 0. The Morgan fingerprint density at radius 1 is 1.50 bits per heavy atom. The first-order valence-corrected chi connectivity index (χ1v) is 6.15. The van der Waals surface area contributed by atoms with E-state index in [2.05, 4.69) is 19.2 Å². The van der Waals surface area contributed by atoms with Gasteiger partial charge < -0.3 is 10.1 Å². The molecule has 0 unspecified atom stereocenters. The second-order valence-corrected chi connectivity index (χ2v) is 4.80. The van der Waals surface area contributed by atoms with E-state index in [1.807, 2.05) is 13.0 Å². The largest absolute Gasteiger partial charge is 0.463 e. The summed E-state index contributed by atoms with van der Waals surface area (Å²) in [5.41, 5.74) is 0.526. The van der Waals surface area contributed by atoms with Gasteiger partial charge in [0.1, 0.15) is 0 Å². The van der Waals surface area contributed by atoms with Gasteiger partial charge in [-0.15, -0.1) is 0 Å². The van der Waals surface area contributed by atoms with E-state index in [1.54, 1.807) is 0 Å². The summed E-state index contributed by atoms with van der Waals surface area (Å²) in [6.07, 6.45) is 5.98. The number of carbonyl (C=O) groups excluding carboxylic acids is 1. The Labute approximate surface area is 98.2 Å². The van der Waals surface area contributed by atoms with E-state index in [-0.39, 0.29) is 5.97 Å². The van der Waals surface area contributed by atoms with Crippen LogP contribution in [0.5, 0.6) is 0 Å². The Hall–Kier alpha value is -0.830. The molecule has 0 heterocycles. The molecular weight excluding hydrogens is 202 g/mol. The third-order valence-electron chi connectivity index (χ3n) is 3.40. The van der Waals surface area contributed by atoms with Crippen molar-refractivity contribution in [1.29, 1.82) is 0 Å². The SMILES string of the molecule is CCOC(=O)/C=C/CNCC1(C(C)C)CC1. The topological polar surface area (TPSA) is 38.3 Å². The van der Waals surface area contributed by atoms with Crippen molar-refractivity contribution in [3.63, 3.8) is 0 Å². The predicted octanol–water partition coefficient (Wildman–Crippen LogP) is 2.13. The molecule has 16 heavy (non-hydrogen) atoms. The molecular formula is C13H23NO2. The van der Waals surface area contributed by atoms with Crippen molar-refractivity contribution < 1.29 is 9.53 Å². The first kappa shape index (κ1) is 13.2. The number of carbonyl (C=O) groups is 1. The molecule has 0 radical (unpaired) electrons. The van der Waals surface area contributed by atoms with E-state index >= 15 is 0 Å². The molecule has 1 rings (SSSR count). The number of hydrogen-bond acceptors (Lipinski definition) is 3. The molecule has 0 spiro atoms. The van der Waals surface area contributed by atoms with Gasteiger partial charge in [-0.1, -0.05) is 19.9 Å². The molecule has 0 aromatic carbocycles. The highest BCUT2D eigenvalue weighted by molar-refractivity contribution is 5.81. The molecule has 3 heteroatoms. The van der Waals surface area contributed by atoms with Gasteiger partial charge in [0.15, 0.2) is 0 Å². The highest BCUT2D eigenvalue weighted by atomic mass is 16.5. The Bertz CT molecular complexity index is 255. The van der Waals surface area contributed by atoms with E-state index in [9.17, 15) is 4.79 Å². The van der Waals surface area contributed by atoms with Crippen molar-refractivity contribution in [1.82, 2.24) is 5.32 Å². The zero-order chi connectivity index (χ0) is 12.0. The molecule has 1 aliphatic rings. The van der Waals surface area contributed by atoms with Gasteiger partial charge in [0.05, 0.1) is 6.61 Å². The number of esters is 1. The van der Waals surface area contributed by atoms with E-state index in [1.165, 1.54) is 18.9 Å². The predicted molar refractivity (Wildman–Crippen MR) is 65.1 cm³/mol. The number of nitrogens with one attached hydrogen (secondary N) is 1. The summed E-state index contributed by atoms with van der Waals surface area (Å²) >= 11 is 0. The average Bonchev–Trinajstić information content (AvgIpc) is 2.99. The number of rotatable bonds is 7. The van der Waals surface area contributed by atoms with E-state index in [4.69, 9.17) is 4.74 Å². The zero-order valence-corrected chi connectivity index (χ0v) is 10.6. The normalized spacial score (nSPS) is 18.0. The second kappa shape index (κ2) is 6.04. The lowest BCUT2D eigenvalue weighted by Gasteiger charge is -2.19. The molecule has 0 aromatic rings. The average molecular weight is 225 g/mol. The van der Waals surface area contributed by atoms with Crippen LogP contribution >= 0.6 is 0 Å². The molecule has 0 amide bonds. The molecule has 0 atom stereocenters. The molecule has 0 saturated heterocycles. The fraction of sp³-hybridized carbons (Fsp3) is 0.769.